The molecule has 1 unspecified atom stereocenters. The molecule has 1 aromatic rings. The second-order valence-corrected chi connectivity index (χ2v) is 5.95. The minimum absolute atomic E-state index is 0.0642. The average molecular weight is 254 g/mol. The molecule has 0 amide bonds. The summed E-state index contributed by atoms with van der Waals surface area (Å²) in [5.74, 6) is 0. The standard InChI is InChI=1S/C10H11Cl3O/c1-9(14,7-10(11,12)13)8-5-3-2-4-6-8/h2-6,14H,7H2,1H3. The molecule has 0 saturated heterocycles. The highest BCUT2D eigenvalue weighted by atomic mass is 35.6. The van der Waals surface area contributed by atoms with Crippen molar-refractivity contribution < 1.29 is 5.11 Å². The predicted octanol–water partition coefficient (Wildman–Crippen LogP) is 3.65. The van der Waals surface area contributed by atoms with Gasteiger partial charge >= 0.3 is 0 Å². The zero-order valence-corrected chi connectivity index (χ0v) is 9.94. The zero-order valence-electron chi connectivity index (χ0n) is 7.67. The second-order valence-electron chi connectivity index (χ2n) is 3.43. The molecule has 14 heavy (non-hydrogen) atoms. The molecule has 1 rings (SSSR count). The molecule has 0 aliphatic rings. The minimum atomic E-state index is -1.45. The lowest BCUT2D eigenvalue weighted by atomic mass is 9.93. The molecule has 4 heteroatoms. The number of benzene rings is 1. The molecule has 0 radical (unpaired) electrons. The zero-order chi connectivity index (χ0) is 10.8. The molecule has 78 valence electrons. The Bertz CT molecular complexity index is 290. The molecular weight excluding hydrogens is 242 g/mol. The van der Waals surface area contributed by atoms with Crippen molar-refractivity contribution in [1.82, 2.24) is 0 Å². The van der Waals surface area contributed by atoms with E-state index in [0.29, 0.717) is 0 Å². The molecule has 1 atom stereocenters. The molecular formula is C10H11Cl3O. The van der Waals surface area contributed by atoms with E-state index in [1.807, 2.05) is 18.2 Å². The highest BCUT2D eigenvalue weighted by molar-refractivity contribution is 6.67. The maximum Gasteiger partial charge on any atom is 0.193 e. The Balaban J connectivity index is 2.86. The third-order valence-corrected chi connectivity index (χ3v) is 2.34. The largest absolute Gasteiger partial charge is 0.385 e. The van der Waals surface area contributed by atoms with E-state index in [-0.39, 0.29) is 6.42 Å². The average Bonchev–Trinajstić information content (AvgIpc) is 2.01. The van der Waals surface area contributed by atoms with Crippen molar-refractivity contribution in [2.45, 2.75) is 22.7 Å². The molecule has 0 aliphatic heterocycles. The lowest BCUT2D eigenvalue weighted by Gasteiger charge is -2.27. The fourth-order valence-corrected chi connectivity index (χ4v) is 2.07. The molecule has 0 aliphatic carbocycles. The molecule has 1 aromatic carbocycles. The van der Waals surface area contributed by atoms with Crippen molar-refractivity contribution in [2.75, 3.05) is 0 Å². The van der Waals surface area contributed by atoms with E-state index in [2.05, 4.69) is 0 Å². The summed E-state index contributed by atoms with van der Waals surface area (Å²) >= 11 is 16.9. The van der Waals surface area contributed by atoms with Crippen LogP contribution in [0.2, 0.25) is 0 Å². The van der Waals surface area contributed by atoms with E-state index >= 15 is 0 Å². The SMILES string of the molecule is CC(O)(CC(Cl)(Cl)Cl)c1ccccc1. The van der Waals surface area contributed by atoms with Crippen LogP contribution in [0.3, 0.4) is 0 Å². The van der Waals surface area contributed by atoms with Gasteiger partial charge in [0.2, 0.25) is 0 Å². The first-order valence-electron chi connectivity index (χ1n) is 4.16. The van der Waals surface area contributed by atoms with E-state index < -0.39 is 9.39 Å². The molecule has 0 spiro atoms. The summed E-state index contributed by atoms with van der Waals surface area (Å²) in [6.45, 7) is 1.63. The molecule has 0 aromatic heterocycles. The third-order valence-electron chi connectivity index (χ3n) is 1.94. The monoisotopic (exact) mass is 252 g/mol. The fourth-order valence-electron chi connectivity index (χ4n) is 1.29. The number of alkyl halides is 3. The molecule has 0 saturated carbocycles. The topological polar surface area (TPSA) is 20.2 Å². The second kappa shape index (κ2) is 4.28. The van der Waals surface area contributed by atoms with Crippen LogP contribution in [-0.4, -0.2) is 8.90 Å². The Labute approximate surface area is 98.6 Å². The van der Waals surface area contributed by atoms with E-state index in [1.165, 1.54) is 0 Å². The van der Waals surface area contributed by atoms with Crippen LogP contribution >= 0.6 is 34.8 Å². The minimum Gasteiger partial charge on any atom is -0.385 e. The van der Waals surface area contributed by atoms with Gasteiger partial charge in [-0.05, 0) is 12.5 Å². The summed E-state index contributed by atoms with van der Waals surface area (Å²) in [7, 11) is 0. The Morgan fingerprint density at radius 2 is 1.64 bits per heavy atom. The Morgan fingerprint density at radius 1 is 1.14 bits per heavy atom. The van der Waals surface area contributed by atoms with Gasteiger partial charge in [-0.3, -0.25) is 0 Å². The number of hydrogen-bond donors (Lipinski definition) is 1. The summed E-state index contributed by atoms with van der Waals surface area (Å²) in [6, 6.07) is 9.14. The predicted molar refractivity (Wildman–Crippen MR) is 60.9 cm³/mol. The summed E-state index contributed by atoms with van der Waals surface area (Å²) in [5, 5.41) is 10.1. The Hall–Kier alpha value is 0.0500. The van der Waals surface area contributed by atoms with Gasteiger partial charge in [0.15, 0.2) is 3.79 Å². The smallest absolute Gasteiger partial charge is 0.193 e. The first-order valence-corrected chi connectivity index (χ1v) is 5.29. The van der Waals surface area contributed by atoms with Crippen LogP contribution in [0.5, 0.6) is 0 Å². The summed E-state index contributed by atoms with van der Waals surface area (Å²) < 4.78 is -1.45. The van der Waals surface area contributed by atoms with Gasteiger partial charge in [-0.15, -0.1) is 0 Å². The van der Waals surface area contributed by atoms with Crippen molar-refractivity contribution in [3.8, 4) is 0 Å². The number of aliphatic hydroxyl groups is 1. The van der Waals surface area contributed by atoms with Crippen molar-refractivity contribution in [3.05, 3.63) is 35.9 Å². The number of rotatable bonds is 2. The number of halogens is 3. The van der Waals surface area contributed by atoms with Gasteiger partial charge < -0.3 is 5.11 Å². The fraction of sp³-hybridized carbons (Fsp3) is 0.400. The van der Waals surface area contributed by atoms with E-state index in [0.717, 1.165) is 5.56 Å². The molecule has 1 N–H and O–H groups in total. The summed E-state index contributed by atoms with van der Waals surface area (Å²) in [5.41, 5.74) is -0.377. The van der Waals surface area contributed by atoms with Crippen LogP contribution in [0, 0.1) is 0 Å². The maximum atomic E-state index is 10.1. The van der Waals surface area contributed by atoms with Crippen LogP contribution in [0.15, 0.2) is 30.3 Å². The molecule has 1 nitrogen and oxygen atoms in total. The van der Waals surface area contributed by atoms with Gasteiger partial charge in [0.05, 0.1) is 5.60 Å². The molecule has 0 heterocycles. The van der Waals surface area contributed by atoms with Crippen LogP contribution in [0.1, 0.15) is 18.9 Å². The number of hydrogen-bond acceptors (Lipinski definition) is 1. The van der Waals surface area contributed by atoms with Crippen molar-refractivity contribution in [1.29, 1.82) is 0 Å². The summed E-state index contributed by atoms with van der Waals surface area (Å²) in [6.07, 6.45) is 0.0642. The van der Waals surface area contributed by atoms with Crippen LogP contribution in [0.4, 0.5) is 0 Å². The quantitative estimate of drug-likeness (QED) is 0.798. The van der Waals surface area contributed by atoms with E-state index in [9.17, 15) is 5.11 Å². The van der Waals surface area contributed by atoms with Crippen LogP contribution in [-0.2, 0) is 5.60 Å². The Kier molecular flexibility index (Phi) is 3.70. The van der Waals surface area contributed by atoms with Gasteiger partial charge in [-0.25, -0.2) is 0 Å². The first-order chi connectivity index (χ1) is 6.31. The highest BCUT2D eigenvalue weighted by Crippen LogP contribution is 2.39. The normalized spacial score (nSPS) is 16.4. The maximum absolute atomic E-state index is 10.1. The van der Waals surface area contributed by atoms with Gasteiger partial charge in [0.25, 0.3) is 0 Å². The van der Waals surface area contributed by atoms with Crippen molar-refractivity contribution in [3.63, 3.8) is 0 Å². The van der Waals surface area contributed by atoms with Crippen molar-refractivity contribution in [2.24, 2.45) is 0 Å². The molecule has 0 bridgehead atoms. The summed E-state index contributed by atoms with van der Waals surface area (Å²) in [4.78, 5) is 0. The highest BCUT2D eigenvalue weighted by Gasteiger charge is 2.33. The van der Waals surface area contributed by atoms with E-state index in [4.69, 9.17) is 34.8 Å². The van der Waals surface area contributed by atoms with Gasteiger partial charge in [-0.1, -0.05) is 65.1 Å². The van der Waals surface area contributed by atoms with Gasteiger partial charge in [-0.2, -0.15) is 0 Å². The van der Waals surface area contributed by atoms with Gasteiger partial charge in [0.1, 0.15) is 0 Å². The first kappa shape index (κ1) is 12.1. The third kappa shape index (κ3) is 3.66. The lowest BCUT2D eigenvalue weighted by molar-refractivity contribution is 0.0491. The van der Waals surface area contributed by atoms with Crippen molar-refractivity contribution >= 4 is 34.8 Å². The van der Waals surface area contributed by atoms with Crippen LogP contribution in [0.25, 0.3) is 0 Å². The van der Waals surface area contributed by atoms with Gasteiger partial charge in [0, 0.05) is 6.42 Å². The molecule has 0 fully saturated rings. The van der Waals surface area contributed by atoms with E-state index in [1.54, 1.807) is 19.1 Å². The Morgan fingerprint density at radius 3 is 2.07 bits per heavy atom. The lowest BCUT2D eigenvalue weighted by Crippen LogP contribution is -2.27. The van der Waals surface area contributed by atoms with Crippen LogP contribution < -0.4 is 0 Å².